The van der Waals surface area contributed by atoms with E-state index in [9.17, 15) is 21.6 Å². The molecule has 1 fully saturated rings. The summed E-state index contributed by atoms with van der Waals surface area (Å²) in [5.41, 5.74) is -0.345. The number of hydrogen-bond acceptors (Lipinski definition) is 8. The maximum atomic E-state index is 13.0. The molecule has 0 aromatic carbocycles. The van der Waals surface area contributed by atoms with E-state index in [0.29, 0.717) is 48.7 Å². The normalized spacial score (nSPS) is 21.3. The van der Waals surface area contributed by atoms with Crippen LogP contribution in [0.5, 0.6) is 5.88 Å². The first-order chi connectivity index (χ1) is 17.5. The van der Waals surface area contributed by atoms with Crippen LogP contribution in [0, 0.1) is 5.92 Å². The number of rotatable bonds is 5. The Kier molecular flexibility index (Phi) is 6.42. The van der Waals surface area contributed by atoms with Crippen molar-refractivity contribution in [1.29, 1.82) is 0 Å². The lowest BCUT2D eigenvalue weighted by atomic mass is 9.97. The van der Waals surface area contributed by atoms with E-state index in [-0.39, 0.29) is 23.0 Å². The number of allylic oxidation sites excluding steroid dienone is 3. The lowest BCUT2D eigenvalue weighted by Crippen LogP contribution is -2.39. The maximum Gasteiger partial charge on any atom is 0.433 e. The Morgan fingerprint density at radius 3 is 2.57 bits per heavy atom. The third-order valence-corrected chi connectivity index (χ3v) is 7.69. The zero-order valence-corrected chi connectivity index (χ0v) is 20.9. The standard InChI is InChI=1S/C24H25F3N6O3S/c1-15-12-17(37(2,34)35)6-7-19(15)33-22-18(13-30-33)23(29-14-28-22)36-16-8-10-32(11-9-16)21-5-3-4-20(31-21)24(25,26)27/h3-7,12-16,19H,8-11H2,1-2H3. The first-order valence-electron chi connectivity index (χ1n) is 11.7. The Bertz CT molecular complexity index is 1480. The second kappa shape index (κ2) is 9.43. The van der Waals surface area contributed by atoms with E-state index >= 15 is 0 Å². The minimum absolute atomic E-state index is 0.133. The lowest BCUT2D eigenvalue weighted by Gasteiger charge is -2.33. The zero-order valence-electron chi connectivity index (χ0n) is 20.1. The molecule has 5 rings (SSSR count). The number of alkyl halides is 3. The number of piperidine rings is 1. The molecule has 0 saturated carbocycles. The van der Waals surface area contributed by atoms with Crippen LogP contribution in [0.25, 0.3) is 11.0 Å². The highest BCUT2D eigenvalue weighted by Crippen LogP contribution is 2.33. The summed E-state index contributed by atoms with van der Waals surface area (Å²) in [6.45, 7) is 2.90. The Morgan fingerprint density at radius 1 is 1.14 bits per heavy atom. The van der Waals surface area contributed by atoms with E-state index in [0.717, 1.165) is 6.07 Å². The Morgan fingerprint density at radius 2 is 1.89 bits per heavy atom. The number of nitrogens with zero attached hydrogens (tertiary/aromatic N) is 6. The molecule has 0 bridgehead atoms. The Hall–Kier alpha value is -3.48. The highest BCUT2D eigenvalue weighted by atomic mass is 32.2. The van der Waals surface area contributed by atoms with Crippen molar-refractivity contribution in [2.75, 3.05) is 24.2 Å². The van der Waals surface area contributed by atoms with Crippen molar-refractivity contribution >= 4 is 26.7 Å². The second-order valence-electron chi connectivity index (χ2n) is 9.24. The molecule has 0 amide bonds. The van der Waals surface area contributed by atoms with Gasteiger partial charge in [0.25, 0.3) is 0 Å². The van der Waals surface area contributed by atoms with E-state index in [1.54, 1.807) is 35.2 Å². The summed E-state index contributed by atoms with van der Waals surface area (Å²) < 4.78 is 70.8. The summed E-state index contributed by atoms with van der Waals surface area (Å²) in [4.78, 5) is 14.5. The van der Waals surface area contributed by atoms with Crippen LogP contribution in [0.3, 0.4) is 0 Å². The summed E-state index contributed by atoms with van der Waals surface area (Å²) in [6, 6.07) is 3.68. The summed E-state index contributed by atoms with van der Waals surface area (Å²) >= 11 is 0. The average molecular weight is 535 g/mol. The van der Waals surface area contributed by atoms with Gasteiger partial charge in [-0.25, -0.2) is 28.1 Å². The molecule has 0 radical (unpaired) electrons. The number of ether oxygens (including phenoxy) is 1. The van der Waals surface area contributed by atoms with Gasteiger partial charge in [0.2, 0.25) is 5.88 Å². The van der Waals surface area contributed by atoms with Gasteiger partial charge in [-0.2, -0.15) is 18.3 Å². The fraction of sp³-hybridized carbons (Fsp3) is 0.417. The van der Waals surface area contributed by atoms with Crippen LogP contribution < -0.4 is 9.64 Å². The van der Waals surface area contributed by atoms with Crippen molar-refractivity contribution in [3.8, 4) is 5.88 Å². The number of aromatic nitrogens is 5. The number of halogens is 3. The molecule has 37 heavy (non-hydrogen) atoms. The Labute approximate surface area is 211 Å². The molecule has 3 aromatic rings. The predicted molar refractivity (Wildman–Crippen MR) is 131 cm³/mol. The van der Waals surface area contributed by atoms with Gasteiger partial charge in [0.15, 0.2) is 15.5 Å². The fourth-order valence-electron chi connectivity index (χ4n) is 4.60. The fourth-order valence-corrected chi connectivity index (χ4v) is 5.39. The topological polar surface area (TPSA) is 103 Å². The summed E-state index contributed by atoms with van der Waals surface area (Å²) in [5.74, 6) is 0.541. The minimum atomic E-state index is -4.49. The smallest absolute Gasteiger partial charge is 0.433 e. The highest BCUT2D eigenvalue weighted by Gasteiger charge is 2.33. The van der Waals surface area contributed by atoms with E-state index in [4.69, 9.17) is 4.74 Å². The van der Waals surface area contributed by atoms with Crippen molar-refractivity contribution in [1.82, 2.24) is 24.7 Å². The van der Waals surface area contributed by atoms with Crippen LogP contribution >= 0.6 is 0 Å². The average Bonchev–Trinajstić information content (AvgIpc) is 3.28. The van der Waals surface area contributed by atoms with Crippen molar-refractivity contribution < 1.29 is 26.3 Å². The molecular formula is C24H25F3N6O3S. The molecule has 2 aliphatic rings. The van der Waals surface area contributed by atoms with Gasteiger partial charge in [-0.05, 0) is 18.2 Å². The van der Waals surface area contributed by atoms with Gasteiger partial charge in [0, 0.05) is 38.1 Å². The number of fused-ring (bicyclic) bond motifs is 1. The molecule has 13 heteroatoms. The van der Waals surface area contributed by atoms with Crippen molar-refractivity contribution in [3.05, 3.63) is 59.6 Å². The van der Waals surface area contributed by atoms with Crippen molar-refractivity contribution in [2.45, 2.75) is 38.1 Å². The SMILES string of the molecule is CC1C=C(S(C)(=O)=O)C=CC1n1ncc2c(OC3CCN(c4cccc(C(F)(F)F)n4)CC3)ncnc21. The molecule has 0 spiro atoms. The van der Waals surface area contributed by atoms with E-state index in [1.165, 1.54) is 18.6 Å². The third kappa shape index (κ3) is 5.17. The van der Waals surface area contributed by atoms with Crippen LogP contribution in [0.2, 0.25) is 0 Å². The molecule has 1 aliphatic heterocycles. The number of anilines is 1. The molecule has 9 nitrogen and oxygen atoms in total. The molecule has 1 aliphatic carbocycles. The third-order valence-electron chi connectivity index (χ3n) is 6.56. The lowest BCUT2D eigenvalue weighted by molar-refractivity contribution is -0.141. The molecule has 2 atom stereocenters. The van der Waals surface area contributed by atoms with Crippen molar-refractivity contribution in [2.24, 2.45) is 5.92 Å². The quantitative estimate of drug-likeness (QED) is 0.485. The first kappa shape index (κ1) is 25.2. The largest absolute Gasteiger partial charge is 0.474 e. The van der Waals surface area contributed by atoms with E-state index in [2.05, 4.69) is 20.1 Å². The van der Waals surface area contributed by atoms with Crippen LogP contribution in [-0.4, -0.2) is 58.6 Å². The Balaban J connectivity index is 1.29. The molecule has 196 valence electrons. The second-order valence-corrected chi connectivity index (χ2v) is 11.3. The van der Waals surface area contributed by atoms with Crippen molar-refractivity contribution in [3.63, 3.8) is 0 Å². The van der Waals surface area contributed by atoms with Gasteiger partial charge in [-0.1, -0.05) is 25.1 Å². The predicted octanol–water partition coefficient (Wildman–Crippen LogP) is 3.96. The van der Waals surface area contributed by atoms with Crippen LogP contribution in [-0.2, 0) is 16.0 Å². The number of hydrogen-bond donors (Lipinski definition) is 0. The molecule has 3 aromatic heterocycles. The van der Waals surface area contributed by atoms with Crippen LogP contribution in [0.4, 0.5) is 19.0 Å². The van der Waals surface area contributed by atoms with Gasteiger partial charge in [0.05, 0.1) is 17.1 Å². The van der Waals surface area contributed by atoms with Gasteiger partial charge in [-0.15, -0.1) is 0 Å². The summed E-state index contributed by atoms with van der Waals surface area (Å²) in [6.07, 6.45) is 5.78. The molecular weight excluding hydrogens is 509 g/mol. The molecule has 1 saturated heterocycles. The number of sulfone groups is 1. The minimum Gasteiger partial charge on any atom is -0.474 e. The van der Waals surface area contributed by atoms with Crippen LogP contribution in [0.15, 0.2) is 53.9 Å². The van der Waals surface area contributed by atoms with Gasteiger partial charge in [0.1, 0.15) is 29.3 Å². The van der Waals surface area contributed by atoms with Gasteiger partial charge < -0.3 is 9.64 Å². The summed E-state index contributed by atoms with van der Waals surface area (Å²) in [5, 5.41) is 5.11. The van der Waals surface area contributed by atoms with Gasteiger partial charge in [-0.3, -0.25) is 0 Å². The van der Waals surface area contributed by atoms with E-state index in [1.807, 2.05) is 11.8 Å². The first-order valence-corrected chi connectivity index (χ1v) is 13.6. The zero-order chi connectivity index (χ0) is 26.4. The molecule has 0 N–H and O–H groups in total. The monoisotopic (exact) mass is 534 g/mol. The van der Waals surface area contributed by atoms with Gasteiger partial charge >= 0.3 is 6.18 Å². The summed E-state index contributed by atoms with van der Waals surface area (Å²) in [7, 11) is -3.31. The van der Waals surface area contributed by atoms with Crippen LogP contribution in [0.1, 0.15) is 31.5 Å². The number of pyridine rings is 1. The molecule has 2 unspecified atom stereocenters. The maximum absolute atomic E-state index is 13.0. The van der Waals surface area contributed by atoms with E-state index < -0.39 is 21.7 Å². The highest BCUT2D eigenvalue weighted by molar-refractivity contribution is 7.94. The molecule has 4 heterocycles.